The molecule has 0 saturated carbocycles. The summed E-state index contributed by atoms with van der Waals surface area (Å²) in [6.07, 6.45) is 8.00. The van der Waals surface area contributed by atoms with E-state index in [0.29, 0.717) is 0 Å². The third kappa shape index (κ3) is 2.94. The van der Waals surface area contributed by atoms with Gasteiger partial charge in [0.05, 0.1) is 7.11 Å². The number of methoxy groups -OCH3 is 1. The number of rotatable bonds is 2. The first-order valence-electron chi connectivity index (χ1n) is 8.04. The van der Waals surface area contributed by atoms with Crippen molar-refractivity contribution < 1.29 is 9.53 Å². The van der Waals surface area contributed by atoms with E-state index in [2.05, 4.69) is 6.08 Å². The van der Waals surface area contributed by atoms with Gasteiger partial charge < -0.3 is 9.64 Å². The minimum absolute atomic E-state index is 0.136. The maximum atomic E-state index is 12.0. The number of carbonyl (C=O) groups excluding carboxylic acids is 1. The SMILES string of the molecule is COc1ccc(/C=C2/C3=C(CCCC3)CCN2C(C)=O)cc1. The quantitative estimate of drug-likeness (QED) is 0.820. The molecule has 22 heavy (non-hydrogen) atoms. The van der Waals surface area contributed by atoms with Gasteiger partial charge in [-0.1, -0.05) is 17.7 Å². The van der Waals surface area contributed by atoms with Gasteiger partial charge in [0.2, 0.25) is 5.91 Å². The van der Waals surface area contributed by atoms with Crippen molar-refractivity contribution in [3.63, 3.8) is 0 Å². The Hall–Kier alpha value is -2.03. The van der Waals surface area contributed by atoms with Crippen molar-refractivity contribution in [2.45, 2.75) is 39.0 Å². The second-order valence-corrected chi connectivity index (χ2v) is 6.01. The van der Waals surface area contributed by atoms with Gasteiger partial charge >= 0.3 is 0 Å². The number of ether oxygens (including phenoxy) is 1. The Bertz CT molecular complexity index is 625. The summed E-state index contributed by atoms with van der Waals surface area (Å²) in [5.74, 6) is 0.990. The van der Waals surface area contributed by atoms with Gasteiger partial charge in [-0.15, -0.1) is 0 Å². The molecule has 116 valence electrons. The largest absolute Gasteiger partial charge is 0.497 e. The van der Waals surface area contributed by atoms with Crippen LogP contribution in [0.3, 0.4) is 0 Å². The monoisotopic (exact) mass is 297 g/mol. The van der Waals surface area contributed by atoms with Gasteiger partial charge in [-0.25, -0.2) is 0 Å². The Kier molecular flexibility index (Phi) is 4.32. The Labute approximate surface area is 132 Å². The fourth-order valence-electron chi connectivity index (χ4n) is 3.43. The Morgan fingerprint density at radius 2 is 1.86 bits per heavy atom. The van der Waals surface area contributed by atoms with Crippen molar-refractivity contribution in [3.8, 4) is 5.75 Å². The van der Waals surface area contributed by atoms with E-state index in [0.717, 1.165) is 36.4 Å². The van der Waals surface area contributed by atoms with E-state index < -0.39 is 0 Å². The molecule has 3 nitrogen and oxygen atoms in total. The third-order valence-electron chi connectivity index (χ3n) is 4.62. The van der Waals surface area contributed by atoms with Crippen molar-refractivity contribution in [2.24, 2.45) is 0 Å². The molecule has 1 amide bonds. The average molecular weight is 297 g/mol. The van der Waals surface area contributed by atoms with Gasteiger partial charge in [0.15, 0.2) is 0 Å². The van der Waals surface area contributed by atoms with Gasteiger partial charge in [0, 0.05) is 19.2 Å². The summed E-state index contributed by atoms with van der Waals surface area (Å²) in [6.45, 7) is 2.48. The van der Waals surface area contributed by atoms with Crippen molar-refractivity contribution in [2.75, 3.05) is 13.7 Å². The highest BCUT2D eigenvalue weighted by Crippen LogP contribution is 2.38. The van der Waals surface area contributed by atoms with E-state index in [1.54, 1.807) is 19.6 Å². The molecule has 1 aromatic rings. The lowest BCUT2D eigenvalue weighted by Crippen LogP contribution is -2.34. The molecule has 0 unspecified atom stereocenters. The van der Waals surface area contributed by atoms with E-state index in [1.165, 1.54) is 24.8 Å². The van der Waals surface area contributed by atoms with E-state index in [1.807, 2.05) is 29.2 Å². The summed E-state index contributed by atoms with van der Waals surface area (Å²) in [5, 5.41) is 0. The normalized spacial score (nSPS) is 20.1. The van der Waals surface area contributed by atoms with Crippen LogP contribution in [0, 0.1) is 0 Å². The van der Waals surface area contributed by atoms with Gasteiger partial charge in [0.1, 0.15) is 5.75 Å². The van der Waals surface area contributed by atoms with Crippen LogP contribution in [0.4, 0.5) is 0 Å². The molecule has 1 heterocycles. The van der Waals surface area contributed by atoms with Crippen molar-refractivity contribution >= 4 is 12.0 Å². The second kappa shape index (κ2) is 6.39. The molecule has 0 saturated heterocycles. The third-order valence-corrected chi connectivity index (χ3v) is 4.62. The zero-order valence-corrected chi connectivity index (χ0v) is 13.4. The maximum Gasteiger partial charge on any atom is 0.223 e. The topological polar surface area (TPSA) is 29.5 Å². The van der Waals surface area contributed by atoms with Crippen LogP contribution < -0.4 is 4.74 Å². The zero-order chi connectivity index (χ0) is 15.5. The van der Waals surface area contributed by atoms with Gasteiger partial charge in [-0.3, -0.25) is 4.79 Å². The van der Waals surface area contributed by atoms with Crippen LogP contribution >= 0.6 is 0 Å². The number of hydrogen-bond donors (Lipinski definition) is 0. The van der Waals surface area contributed by atoms with Gasteiger partial charge in [-0.2, -0.15) is 0 Å². The molecule has 0 N–H and O–H groups in total. The lowest BCUT2D eigenvalue weighted by atomic mass is 9.84. The summed E-state index contributed by atoms with van der Waals surface area (Å²) in [6, 6.07) is 8.01. The Balaban J connectivity index is 2.00. The van der Waals surface area contributed by atoms with Crippen LogP contribution in [0.25, 0.3) is 6.08 Å². The summed E-state index contributed by atoms with van der Waals surface area (Å²) in [5.41, 5.74) is 5.19. The molecule has 1 aliphatic heterocycles. The number of nitrogens with zero attached hydrogens (tertiary/aromatic N) is 1. The lowest BCUT2D eigenvalue weighted by Gasteiger charge is -2.35. The first-order chi connectivity index (χ1) is 10.7. The smallest absolute Gasteiger partial charge is 0.223 e. The van der Waals surface area contributed by atoms with E-state index in [9.17, 15) is 4.79 Å². The summed E-state index contributed by atoms with van der Waals surface area (Å²) >= 11 is 0. The molecular formula is C19H23NO2. The van der Waals surface area contributed by atoms with E-state index >= 15 is 0 Å². The highest BCUT2D eigenvalue weighted by atomic mass is 16.5. The molecule has 0 atom stereocenters. The Morgan fingerprint density at radius 1 is 1.14 bits per heavy atom. The number of amides is 1. The first-order valence-corrected chi connectivity index (χ1v) is 8.04. The van der Waals surface area contributed by atoms with Crippen LogP contribution in [0.15, 0.2) is 41.1 Å². The predicted octanol–water partition coefficient (Wildman–Crippen LogP) is 4.16. The van der Waals surface area contributed by atoms with Crippen LogP contribution in [-0.2, 0) is 4.79 Å². The molecule has 0 aromatic heterocycles. The van der Waals surface area contributed by atoms with Gasteiger partial charge in [0.25, 0.3) is 0 Å². The van der Waals surface area contributed by atoms with Gasteiger partial charge in [-0.05, 0) is 61.4 Å². The molecule has 0 bridgehead atoms. The average Bonchev–Trinajstić information content (AvgIpc) is 2.55. The molecule has 0 spiro atoms. The molecule has 1 aromatic carbocycles. The second-order valence-electron chi connectivity index (χ2n) is 6.01. The molecule has 0 fully saturated rings. The highest BCUT2D eigenvalue weighted by molar-refractivity contribution is 5.79. The summed E-state index contributed by atoms with van der Waals surface area (Å²) in [7, 11) is 1.67. The van der Waals surface area contributed by atoms with E-state index in [-0.39, 0.29) is 5.91 Å². The minimum Gasteiger partial charge on any atom is -0.497 e. The summed E-state index contributed by atoms with van der Waals surface area (Å²) < 4.78 is 5.21. The van der Waals surface area contributed by atoms with Crippen molar-refractivity contribution in [1.29, 1.82) is 0 Å². The summed E-state index contributed by atoms with van der Waals surface area (Å²) in [4.78, 5) is 14.0. The van der Waals surface area contributed by atoms with Crippen molar-refractivity contribution in [1.82, 2.24) is 4.90 Å². The zero-order valence-electron chi connectivity index (χ0n) is 13.4. The lowest BCUT2D eigenvalue weighted by molar-refractivity contribution is -0.126. The first kappa shape index (κ1) is 14.9. The Morgan fingerprint density at radius 3 is 2.55 bits per heavy atom. The van der Waals surface area contributed by atoms with Crippen LogP contribution in [0.2, 0.25) is 0 Å². The van der Waals surface area contributed by atoms with Crippen LogP contribution in [0.5, 0.6) is 5.75 Å². The fourth-order valence-corrected chi connectivity index (χ4v) is 3.43. The molecule has 0 radical (unpaired) electrons. The van der Waals surface area contributed by atoms with E-state index in [4.69, 9.17) is 4.74 Å². The molecule has 3 rings (SSSR count). The number of carbonyl (C=O) groups is 1. The van der Waals surface area contributed by atoms with Crippen LogP contribution in [0.1, 0.15) is 44.6 Å². The maximum absolute atomic E-state index is 12.0. The predicted molar refractivity (Wildman–Crippen MR) is 88.5 cm³/mol. The minimum atomic E-state index is 0.136. The van der Waals surface area contributed by atoms with Crippen molar-refractivity contribution in [3.05, 3.63) is 46.7 Å². The fraction of sp³-hybridized carbons (Fsp3) is 0.421. The molecular weight excluding hydrogens is 274 g/mol. The number of hydrogen-bond acceptors (Lipinski definition) is 2. The molecule has 3 heteroatoms. The molecule has 1 aliphatic carbocycles. The highest BCUT2D eigenvalue weighted by Gasteiger charge is 2.27. The molecule has 2 aliphatic rings. The number of benzene rings is 1. The number of allylic oxidation sites excluding steroid dienone is 1. The standard InChI is InChI=1S/C19H23NO2/c1-14(21)20-12-11-16-5-3-4-6-18(16)19(20)13-15-7-9-17(22-2)10-8-15/h7-10,13H,3-6,11-12H2,1-2H3/b19-13-. The van der Waals surface area contributed by atoms with Crippen LogP contribution in [-0.4, -0.2) is 24.5 Å².